The van der Waals surface area contributed by atoms with Crippen molar-refractivity contribution in [3.63, 3.8) is 0 Å². The highest BCUT2D eigenvalue weighted by Gasteiger charge is 2.36. The van der Waals surface area contributed by atoms with Crippen LogP contribution < -0.4 is 5.73 Å². The summed E-state index contributed by atoms with van der Waals surface area (Å²) in [5.41, 5.74) is 5.54. The van der Waals surface area contributed by atoms with Crippen LogP contribution in [0.25, 0.3) is 0 Å². The lowest BCUT2D eigenvalue weighted by Gasteiger charge is -2.39. The summed E-state index contributed by atoms with van der Waals surface area (Å²) in [4.78, 5) is 2.46. The van der Waals surface area contributed by atoms with Gasteiger partial charge in [0.05, 0.1) is 18.8 Å². The van der Waals surface area contributed by atoms with Gasteiger partial charge in [-0.1, -0.05) is 0 Å². The van der Waals surface area contributed by atoms with Crippen LogP contribution in [0.4, 0.5) is 0 Å². The van der Waals surface area contributed by atoms with Crippen LogP contribution in [-0.4, -0.2) is 53.5 Å². The van der Waals surface area contributed by atoms with E-state index < -0.39 is 5.54 Å². The minimum absolute atomic E-state index is 0.0501. The molecule has 2 aliphatic rings. The Morgan fingerprint density at radius 1 is 1.44 bits per heavy atom. The topological polar surface area (TPSA) is 58.7 Å². The van der Waals surface area contributed by atoms with Gasteiger partial charge < -0.3 is 15.6 Å². The molecule has 0 amide bonds. The molecule has 0 spiro atoms. The average Bonchev–Trinajstić information content (AvgIpc) is 2.57. The van der Waals surface area contributed by atoms with Crippen LogP contribution in [0.5, 0.6) is 0 Å². The van der Waals surface area contributed by atoms with Crippen LogP contribution in [0.1, 0.15) is 33.1 Å². The van der Waals surface area contributed by atoms with Gasteiger partial charge in [0, 0.05) is 24.7 Å². The normalized spacial score (nSPS) is 36.0. The molecule has 2 rings (SSSR count). The first-order chi connectivity index (χ1) is 7.50. The van der Waals surface area contributed by atoms with Gasteiger partial charge in [0.25, 0.3) is 0 Å². The van der Waals surface area contributed by atoms with Crippen LogP contribution >= 0.6 is 0 Å². The molecule has 2 fully saturated rings. The fraction of sp³-hybridized carbons (Fsp3) is 1.00. The molecule has 2 bridgehead atoms. The van der Waals surface area contributed by atoms with Gasteiger partial charge in [-0.15, -0.1) is 0 Å². The SMILES string of the molecule is CC(CC(C)(N)CO)N1CC2CCC(C1)O2. The van der Waals surface area contributed by atoms with E-state index in [0.29, 0.717) is 18.2 Å². The first-order valence-electron chi connectivity index (χ1n) is 6.29. The third-order valence-electron chi connectivity index (χ3n) is 3.82. The van der Waals surface area contributed by atoms with Crippen LogP contribution in [-0.2, 0) is 4.74 Å². The Labute approximate surface area is 97.7 Å². The van der Waals surface area contributed by atoms with Crippen molar-refractivity contribution in [3.8, 4) is 0 Å². The van der Waals surface area contributed by atoms with Gasteiger partial charge in [-0.3, -0.25) is 4.90 Å². The summed E-state index contributed by atoms with van der Waals surface area (Å²) in [7, 11) is 0. The molecule has 4 atom stereocenters. The molecule has 94 valence electrons. The molecule has 16 heavy (non-hydrogen) atoms. The van der Waals surface area contributed by atoms with Gasteiger partial charge >= 0.3 is 0 Å². The summed E-state index contributed by atoms with van der Waals surface area (Å²) in [6.45, 7) is 6.22. The standard InChI is InChI=1S/C12H24N2O2/c1-9(5-12(2,13)8-15)14-6-10-3-4-11(7-14)16-10/h9-11,15H,3-8,13H2,1-2H3. The number of likely N-dealkylation sites (tertiary alicyclic amines) is 1. The molecule has 2 aliphatic heterocycles. The van der Waals surface area contributed by atoms with Gasteiger partial charge in [-0.2, -0.15) is 0 Å². The second-order valence-corrected chi connectivity index (χ2v) is 5.78. The van der Waals surface area contributed by atoms with Crippen molar-refractivity contribution in [2.45, 2.75) is 56.9 Å². The van der Waals surface area contributed by atoms with Gasteiger partial charge in [0.2, 0.25) is 0 Å². The number of nitrogens with zero attached hydrogens (tertiary/aromatic N) is 1. The fourth-order valence-electron chi connectivity index (χ4n) is 2.87. The highest BCUT2D eigenvalue weighted by atomic mass is 16.5. The molecule has 4 heteroatoms. The third kappa shape index (κ3) is 2.74. The fourth-order valence-corrected chi connectivity index (χ4v) is 2.87. The molecule has 4 unspecified atom stereocenters. The van der Waals surface area contributed by atoms with Crippen LogP contribution in [0.3, 0.4) is 0 Å². The predicted molar refractivity (Wildman–Crippen MR) is 63.2 cm³/mol. The van der Waals surface area contributed by atoms with Crippen LogP contribution in [0.15, 0.2) is 0 Å². The summed E-state index contributed by atoms with van der Waals surface area (Å²) >= 11 is 0. The van der Waals surface area contributed by atoms with Gasteiger partial charge in [0.15, 0.2) is 0 Å². The Hall–Kier alpha value is -0.160. The van der Waals surface area contributed by atoms with E-state index in [1.54, 1.807) is 0 Å². The molecule has 4 nitrogen and oxygen atoms in total. The lowest BCUT2D eigenvalue weighted by molar-refractivity contribution is -0.0543. The van der Waals surface area contributed by atoms with Gasteiger partial charge in [-0.05, 0) is 33.1 Å². The molecule has 0 saturated carbocycles. The molecule has 2 heterocycles. The Morgan fingerprint density at radius 2 is 2.00 bits per heavy atom. The molecule has 0 radical (unpaired) electrons. The Bertz CT molecular complexity index is 233. The predicted octanol–water partition coefficient (Wildman–Crippen LogP) is 0.338. The number of aliphatic hydroxyl groups excluding tert-OH is 1. The monoisotopic (exact) mass is 228 g/mol. The van der Waals surface area contributed by atoms with Crippen molar-refractivity contribution in [2.75, 3.05) is 19.7 Å². The van der Waals surface area contributed by atoms with Crippen molar-refractivity contribution in [3.05, 3.63) is 0 Å². The zero-order chi connectivity index (χ0) is 11.8. The van der Waals surface area contributed by atoms with Gasteiger partial charge in [0.1, 0.15) is 0 Å². The lowest BCUT2D eigenvalue weighted by atomic mass is 9.95. The highest BCUT2D eigenvalue weighted by molar-refractivity contribution is 4.90. The van der Waals surface area contributed by atoms with Crippen molar-refractivity contribution in [2.24, 2.45) is 5.73 Å². The summed E-state index contributed by atoms with van der Waals surface area (Å²) in [6.07, 6.45) is 4.10. The minimum Gasteiger partial charge on any atom is -0.394 e. The van der Waals surface area contributed by atoms with E-state index in [1.807, 2.05) is 6.92 Å². The largest absolute Gasteiger partial charge is 0.394 e. The molecule has 0 aromatic heterocycles. The summed E-state index contributed by atoms with van der Waals surface area (Å²) in [5, 5.41) is 9.19. The number of hydrogen-bond donors (Lipinski definition) is 2. The maximum atomic E-state index is 9.19. The van der Waals surface area contributed by atoms with Crippen LogP contribution in [0.2, 0.25) is 0 Å². The molecule has 0 aromatic carbocycles. The van der Waals surface area contributed by atoms with E-state index in [4.69, 9.17) is 10.5 Å². The molecule has 3 N–H and O–H groups in total. The zero-order valence-electron chi connectivity index (χ0n) is 10.4. The van der Waals surface area contributed by atoms with E-state index in [0.717, 1.165) is 19.5 Å². The number of rotatable bonds is 4. The molecule has 0 aromatic rings. The van der Waals surface area contributed by atoms with Crippen molar-refractivity contribution >= 4 is 0 Å². The maximum Gasteiger partial charge on any atom is 0.0707 e. The van der Waals surface area contributed by atoms with E-state index in [9.17, 15) is 5.11 Å². The van der Waals surface area contributed by atoms with E-state index in [1.165, 1.54) is 12.8 Å². The molecular formula is C12H24N2O2. The van der Waals surface area contributed by atoms with Gasteiger partial charge in [-0.25, -0.2) is 0 Å². The number of nitrogens with two attached hydrogens (primary N) is 1. The molecule has 2 saturated heterocycles. The Kier molecular flexibility index (Phi) is 3.54. The van der Waals surface area contributed by atoms with E-state index in [2.05, 4.69) is 11.8 Å². The number of morpholine rings is 1. The summed E-state index contributed by atoms with van der Waals surface area (Å²) in [6, 6.07) is 0.425. The van der Waals surface area contributed by atoms with E-state index >= 15 is 0 Å². The number of ether oxygens (including phenoxy) is 1. The van der Waals surface area contributed by atoms with E-state index in [-0.39, 0.29) is 6.61 Å². The first kappa shape index (κ1) is 12.3. The second kappa shape index (κ2) is 4.61. The first-order valence-corrected chi connectivity index (χ1v) is 6.29. The van der Waals surface area contributed by atoms with Crippen molar-refractivity contribution < 1.29 is 9.84 Å². The smallest absolute Gasteiger partial charge is 0.0707 e. The number of aliphatic hydroxyl groups is 1. The summed E-state index contributed by atoms with van der Waals surface area (Å²) < 4.78 is 5.81. The molecular weight excluding hydrogens is 204 g/mol. The average molecular weight is 228 g/mol. The van der Waals surface area contributed by atoms with Crippen LogP contribution in [0, 0.1) is 0 Å². The quantitative estimate of drug-likeness (QED) is 0.728. The third-order valence-corrected chi connectivity index (χ3v) is 3.82. The lowest BCUT2D eigenvalue weighted by Crippen LogP contribution is -2.52. The summed E-state index contributed by atoms with van der Waals surface area (Å²) in [5.74, 6) is 0. The number of hydrogen-bond acceptors (Lipinski definition) is 4. The number of fused-ring (bicyclic) bond motifs is 2. The van der Waals surface area contributed by atoms with Crippen molar-refractivity contribution in [1.82, 2.24) is 4.90 Å². The van der Waals surface area contributed by atoms with Crippen molar-refractivity contribution in [1.29, 1.82) is 0 Å². The maximum absolute atomic E-state index is 9.19. The Morgan fingerprint density at radius 3 is 2.50 bits per heavy atom. The zero-order valence-corrected chi connectivity index (χ0v) is 10.4. The molecule has 0 aliphatic carbocycles. The highest BCUT2D eigenvalue weighted by Crippen LogP contribution is 2.28. The second-order valence-electron chi connectivity index (χ2n) is 5.78. The Balaban J connectivity index is 1.88. The minimum atomic E-state index is -0.462.